The zero-order valence-electron chi connectivity index (χ0n) is 16.3. The predicted octanol–water partition coefficient (Wildman–Crippen LogP) is 5.85. The molecule has 0 bridgehead atoms. The molecule has 158 valence electrons. The number of amides is 2. The quantitative estimate of drug-likeness (QED) is 0.491. The fourth-order valence-electron chi connectivity index (χ4n) is 3.64. The van der Waals surface area contributed by atoms with Crippen LogP contribution in [0.1, 0.15) is 22.8 Å². The number of carbonyl (C=O) groups excluding carboxylic acids is 2. The van der Waals surface area contributed by atoms with E-state index < -0.39 is 23.6 Å². The van der Waals surface area contributed by atoms with Crippen LogP contribution >= 0.6 is 23.2 Å². The lowest BCUT2D eigenvalue weighted by molar-refractivity contribution is -0.119. The van der Waals surface area contributed by atoms with Gasteiger partial charge in [-0.15, -0.1) is 0 Å². The van der Waals surface area contributed by atoms with Gasteiger partial charge >= 0.3 is 0 Å². The van der Waals surface area contributed by atoms with E-state index in [9.17, 15) is 18.4 Å². The molecule has 1 aliphatic heterocycles. The molecule has 8 heteroatoms. The minimum absolute atomic E-state index is 0.103. The number of carbonyl (C=O) groups is 2. The fourth-order valence-corrected chi connectivity index (χ4v) is 4.16. The summed E-state index contributed by atoms with van der Waals surface area (Å²) in [5.74, 6) is -2.90. The first kappa shape index (κ1) is 21.3. The Morgan fingerprint density at radius 1 is 0.968 bits per heavy atom. The highest BCUT2D eigenvalue weighted by atomic mass is 35.5. The summed E-state index contributed by atoms with van der Waals surface area (Å²) >= 11 is 12.6. The fraction of sp³-hybridized carbons (Fsp3) is 0.130. The molecule has 0 spiro atoms. The van der Waals surface area contributed by atoms with E-state index >= 15 is 0 Å². The smallest absolute Gasteiger partial charge is 0.262 e. The third-order valence-electron chi connectivity index (χ3n) is 5.20. The van der Waals surface area contributed by atoms with E-state index in [4.69, 9.17) is 23.2 Å². The van der Waals surface area contributed by atoms with Crippen LogP contribution in [0.3, 0.4) is 0 Å². The van der Waals surface area contributed by atoms with E-state index in [1.54, 1.807) is 49.4 Å². The molecule has 1 atom stereocenters. The summed E-state index contributed by atoms with van der Waals surface area (Å²) in [7, 11) is 0. The first-order chi connectivity index (χ1) is 14.8. The van der Waals surface area contributed by atoms with E-state index in [1.807, 2.05) is 0 Å². The third-order valence-corrected chi connectivity index (χ3v) is 5.91. The molecule has 0 N–H and O–H groups in total. The van der Waals surface area contributed by atoms with Gasteiger partial charge in [0.05, 0.1) is 23.5 Å². The predicted molar refractivity (Wildman–Crippen MR) is 117 cm³/mol. The zero-order valence-corrected chi connectivity index (χ0v) is 17.8. The van der Waals surface area contributed by atoms with Crippen molar-refractivity contribution >= 4 is 46.4 Å². The maximum Gasteiger partial charge on any atom is 0.262 e. The molecule has 0 unspecified atom stereocenters. The molecule has 2 amide bonds. The standard InChI is InChI=1S/C23H16Cl2F2N2O2/c1-13-22(30)28(12-16-17(24)5-4-6-18(16)25)20-7-2-3-8-21(20)29(13)23(31)15-10-9-14(26)11-19(15)27/h2-11,13H,12H2,1H3/t13-/m0/s1. The molecule has 0 saturated carbocycles. The second-order valence-corrected chi connectivity index (χ2v) is 7.90. The molecule has 1 heterocycles. The second kappa shape index (κ2) is 8.29. The van der Waals surface area contributed by atoms with Crippen molar-refractivity contribution in [3.63, 3.8) is 0 Å². The number of para-hydroxylation sites is 2. The number of anilines is 2. The number of hydrogen-bond acceptors (Lipinski definition) is 2. The normalized spacial score (nSPS) is 15.8. The van der Waals surface area contributed by atoms with E-state index in [2.05, 4.69) is 0 Å². The van der Waals surface area contributed by atoms with Gasteiger partial charge in [0.25, 0.3) is 5.91 Å². The van der Waals surface area contributed by atoms with Gasteiger partial charge in [0.1, 0.15) is 17.7 Å². The molecular formula is C23H16Cl2F2N2O2. The monoisotopic (exact) mass is 460 g/mol. The summed E-state index contributed by atoms with van der Waals surface area (Å²) in [6.07, 6.45) is 0. The molecule has 4 rings (SSSR count). The SMILES string of the molecule is C[C@H]1C(=O)N(Cc2c(Cl)cccc2Cl)c2ccccc2N1C(=O)c1ccc(F)cc1F. The Kier molecular flexibility index (Phi) is 5.69. The average Bonchev–Trinajstić information content (AvgIpc) is 2.73. The highest BCUT2D eigenvalue weighted by Gasteiger charge is 2.39. The highest BCUT2D eigenvalue weighted by Crippen LogP contribution is 2.39. The Bertz CT molecular complexity index is 1180. The molecule has 3 aromatic rings. The first-order valence-corrected chi connectivity index (χ1v) is 10.2. The summed E-state index contributed by atoms with van der Waals surface area (Å²) in [6.45, 7) is 1.66. The van der Waals surface area contributed by atoms with E-state index in [1.165, 1.54) is 9.80 Å². The van der Waals surface area contributed by atoms with Gasteiger partial charge in [-0.05, 0) is 43.3 Å². The van der Waals surface area contributed by atoms with Crippen molar-refractivity contribution < 1.29 is 18.4 Å². The number of nitrogens with zero attached hydrogens (tertiary/aromatic N) is 2. The van der Waals surface area contributed by atoms with Crippen LogP contribution in [0.15, 0.2) is 60.7 Å². The molecule has 4 nitrogen and oxygen atoms in total. The van der Waals surface area contributed by atoms with Gasteiger partial charge in [0.2, 0.25) is 5.91 Å². The molecule has 0 radical (unpaired) electrons. The largest absolute Gasteiger partial charge is 0.304 e. The Balaban J connectivity index is 1.79. The van der Waals surface area contributed by atoms with Gasteiger partial charge in [-0.1, -0.05) is 41.4 Å². The van der Waals surface area contributed by atoms with Crippen LogP contribution in [0.2, 0.25) is 10.0 Å². The van der Waals surface area contributed by atoms with Gasteiger partial charge in [-0.25, -0.2) is 8.78 Å². The number of fused-ring (bicyclic) bond motifs is 1. The third kappa shape index (κ3) is 3.77. The lowest BCUT2D eigenvalue weighted by atomic mass is 10.0. The summed E-state index contributed by atoms with van der Waals surface area (Å²) in [5, 5.41) is 0.828. The molecule has 3 aromatic carbocycles. The topological polar surface area (TPSA) is 40.6 Å². The van der Waals surface area contributed by atoms with Crippen LogP contribution in [-0.4, -0.2) is 17.9 Å². The van der Waals surface area contributed by atoms with Crippen molar-refractivity contribution in [2.24, 2.45) is 0 Å². The number of hydrogen-bond donors (Lipinski definition) is 0. The molecule has 0 saturated heterocycles. The van der Waals surface area contributed by atoms with Crippen molar-refractivity contribution in [1.82, 2.24) is 0 Å². The molecule has 0 aliphatic carbocycles. The van der Waals surface area contributed by atoms with E-state index in [-0.39, 0.29) is 18.0 Å². The summed E-state index contributed by atoms with van der Waals surface area (Å²) in [5.41, 5.74) is 1.13. The van der Waals surface area contributed by atoms with Crippen LogP contribution in [0.4, 0.5) is 20.2 Å². The summed E-state index contributed by atoms with van der Waals surface area (Å²) in [4.78, 5) is 29.2. The minimum atomic E-state index is -0.993. The molecular weight excluding hydrogens is 445 g/mol. The molecule has 1 aliphatic rings. The van der Waals surface area contributed by atoms with Gasteiger partial charge in [-0.2, -0.15) is 0 Å². The molecule has 0 aromatic heterocycles. The van der Waals surface area contributed by atoms with Gasteiger partial charge in [-0.3, -0.25) is 14.5 Å². The number of halogens is 4. The molecule has 31 heavy (non-hydrogen) atoms. The van der Waals surface area contributed by atoms with Gasteiger partial charge in [0, 0.05) is 21.7 Å². The first-order valence-electron chi connectivity index (χ1n) is 9.41. The van der Waals surface area contributed by atoms with E-state index in [0.717, 1.165) is 12.1 Å². The number of rotatable bonds is 3. The van der Waals surface area contributed by atoms with Gasteiger partial charge in [0.15, 0.2) is 0 Å². The van der Waals surface area contributed by atoms with Crippen molar-refractivity contribution in [2.45, 2.75) is 19.5 Å². The minimum Gasteiger partial charge on any atom is -0.304 e. The lowest BCUT2D eigenvalue weighted by Crippen LogP contribution is -2.54. The van der Waals surface area contributed by atoms with Crippen LogP contribution in [-0.2, 0) is 11.3 Å². The van der Waals surface area contributed by atoms with Crippen LogP contribution < -0.4 is 9.80 Å². The van der Waals surface area contributed by atoms with Crippen LogP contribution in [0.5, 0.6) is 0 Å². The summed E-state index contributed by atoms with van der Waals surface area (Å²) < 4.78 is 27.6. The van der Waals surface area contributed by atoms with Crippen molar-refractivity contribution in [2.75, 3.05) is 9.80 Å². The van der Waals surface area contributed by atoms with Crippen molar-refractivity contribution in [3.05, 3.63) is 93.5 Å². The molecule has 0 fully saturated rings. The van der Waals surface area contributed by atoms with Crippen LogP contribution in [0, 0.1) is 11.6 Å². The summed E-state index contributed by atoms with van der Waals surface area (Å²) in [6, 6.07) is 13.6. The maximum absolute atomic E-state index is 14.3. The highest BCUT2D eigenvalue weighted by molar-refractivity contribution is 6.36. The lowest BCUT2D eigenvalue weighted by Gasteiger charge is -2.40. The number of benzene rings is 3. The maximum atomic E-state index is 14.3. The zero-order chi connectivity index (χ0) is 22.3. The Morgan fingerprint density at radius 3 is 2.26 bits per heavy atom. The average molecular weight is 461 g/mol. The van der Waals surface area contributed by atoms with E-state index in [0.29, 0.717) is 33.0 Å². The Labute approximate surface area is 187 Å². The Hall–Kier alpha value is -2.96. The Morgan fingerprint density at radius 2 is 1.61 bits per heavy atom. The van der Waals surface area contributed by atoms with Gasteiger partial charge < -0.3 is 4.90 Å². The van der Waals surface area contributed by atoms with Crippen molar-refractivity contribution in [3.8, 4) is 0 Å². The van der Waals surface area contributed by atoms with Crippen molar-refractivity contribution in [1.29, 1.82) is 0 Å². The van der Waals surface area contributed by atoms with Crippen LogP contribution in [0.25, 0.3) is 0 Å². The second-order valence-electron chi connectivity index (χ2n) is 7.09.